The van der Waals surface area contributed by atoms with Crippen molar-refractivity contribution < 1.29 is 4.79 Å². The van der Waals surface area contributed by atoms with Crippen molar-refractivity contribution in [2.75, 3.05) is 0 Å². The summed E-state index contributed by atoms with van der Waals surface area (Å²) < 4.78 is 1.71. The molecule has 0 spiro atoms. The molecule has 4 heteroatoms. The molecule has 0 unspecified atom stereocenters. The Kier molecular flexibility index (Phi) is 2.34. The van der Waals surface area contributed by atoms with Crippen LogP contribution < -0.4 is 5.73 Å². The van der Waals surface area contributed by atoms with Gasteiger partial charge in [-0.1, -0.05) is 36.4 Å². The molecule has 3 rings (SSSR count). The lowest BCUT2D eigenvalue weighted by molar-refractivity contribution is 0.0990. The molecule has 0 aliphatic heterocycles. The largest absolute Gasteiger partial charge is 0.363 e. The fraction of sp³-hybridized carbons (Fsp3) is 0. The Morgan fingerprint density at radius 1 is 1.06 bits per heavy atom. The first-order valence-electron chi connectivity index (χ1n) is 5.59. The highest BCUT2D eigenvalue weighted by Gasteiger charge is 2.15. The van der Waals surface area contributed by atoms with Crippen molar-refractivity contribution in [1.29, 1.82) is 0 Å². The lowest BCUT2D eigenvalue weighted by atomic mass is 10.1. The van der Waals surface area contributed by atoms with Crippen LogP contribution in [0.5, 0.6) is 0 Å². The van der Waals surface area contributed by atoms with Crippen molar-refractivity contribution in [3.63, 3.8) is 0 Å². The van der Waals surface area contributed by atoms with Crippen molar-refractivity contribution in [2.24, 2.45) is 5.73 Å². The summed E-state index contributed by atoms with van der Waals surface area (Å²) in [6.45, 7) is 0. The van der Waals surface area contributed by atoms with Crippen molar-refractivity contribution in [1.82, 2.24) is 9.38 Å². The maximum atomic E-state index is 11.4. The Hall–Kier alpha value is -2.62. The number of nitrogens with two attached hydrogens (primary N) is 1. The highest BCUT2D eigenvalue weighted by atomic mass is 16.1. The third-order valence-electron chi connectivity index (χ3n) is 2.82. The van der Waals surface area contributed by atoms with Crippen LogP contribution in [0.25, 0.3) is 16.8 Å². The minimum atomic E-state index is -0.529. The van der Waals surface area contributed by atoms with Crippen LogP contribution >= 0.6 is 0 Å². The van der Waals surface area contributed by atoms with Gasteiger partial charge in [-0.25, -0.2) is 4.98 Å². The van der Waals surface area contributed by atoms with Crippen molar-refractivity contribution in [2.45, 2.75) is 0 Å². The van der Waals surface area contributed by atoms with E-state index < -0.39 is 5.91 Å². The van der Waals surface area contributed by atoms with Gasteiger partial charge in [0.05, 0.1) is 11.2 Å². The summed E-state index contributed by atoms with van der Waals surface area (Å²) in [6, 6.07) is 15.4. The summed E-state index contributed by atoms with van der Waals surface area (Å²) in [4.78, 5) is 15.7. The van der Waals surface area contributed by atoms with E-state index in [0.717, 1.165) is 16.8 Å². The van der Waals surface area contributed by atoms with Crippen LogP contribution in [-0.2, 0) is 0 Å². The molecule has 0 fully saturated rings. The molecular formula is C14H11N3O. The fourth-order valence-corrected chi connectivity index (χ4v) is 2.02. The topological polar surface area (TPSA) is 60.4 Å². The third-order valence-corrected chi connectivity index (χ3v) is 2.82. The standard InChI is InChI=1S/C14H11N3O/c15-13(18)14-16-12(10-6-2-1-3-7-10)11-8-4-5-9-17(11)14/h1-9H,(H2,15,18). The number of carbonyl (C=O) groups is 1. The zero-order valence-electron chi connectivity index (χ0n) is 9.58. The molecule has 2 heterocycles. The van der Waals surface area contributed by atoms with Gasteiger partial charge in [0, 0.05) is 11.8 Å². The zero-order chi connectivity index (χ0) is 12.5. The van der Waals surface area contributed by atoms with Gasteiger partial charge >= 0.3 is 0 Å². The Morgan fingerprint density at radius 2 is 1.78 bits per heavy atom. The van der Waals surface area contributed by atoms with Crippen LogP contribution in [0, 0.1) is 0 Å². The van der Waals surface area contributed by atoms with E-state index in [2.05, 4.69) is 4.98 Å². The van der Waals surface area contributed by atoms with Gasteiger partial charge < -0.3 is 5.73 Å². The minimum absolute atomic E-state index is 0.254. The maximum absolute atomic E-state index is 11.4. The number of fused-ring (bicyclic) bond motifs is 1. The zero-order valence-corrected chi connectivity index (χ0v) is 9.58. The molecule has 1 aromatic carbocycles. The molecule has 3 aromatic rings. The van der Waals surface area contributed by atoms with Crippen LogP contribution in [0.2, 0.25) is 0 Å². The molecule has 2 aromatic heterocycles. The highest BCUT2D eigenvalue weighted by Crippen LogP contribution is 2.24. The van der Waals surface area contributed by atoms with Crippen LogP contribution in [0.15, 0.2) is 54.7 Å². The number of carbonyl (C=O) groups excluding carboxylic acids is 1. The third kappa shape index (κ3) is 1.55. The number of benzene rings is 1. The summed E-state index contributed by atoms with van der Waals surface area (Å²) in [5.41, 5.74) is 7.96. The Morgan fingerprint density at radius 3 is 2.50 bits per heavy atom. The van der Waals surface area contributed by atoms with E-state index in [9.17, 15) is 4.79 Å². The number of hydrogen-bond acceptors (Lipinski definition) is 2. The van der Waals surface area contributed by atoms with Gasteiger partial charge in [-0.05, 0) is 12.1 Å². The molecule has 88 valence electrons. The number of imidazole rings is 1. The molecule has 0 bridgehead atoms. The monoisotopic (exact) mass is 237 g/mol. The van der Waals surface area contributed by atoms with Crippen molar-refractivity contribution in [3.05, 3.63) is 60.6 Å². The predicted octanol–water partition coefficient (Wildman–Crippen LogP) is 2.10. The lowest BCUT2D eigenvalue weighted by Gasteiger charge is -1.97. The summed E-state index contributed by atoms with van der Waals surface area (Å²) in [5, 5.41) is 0. The highest BCUT2D eigenvalue weighted by molar-refractivity contribution is 5.93. The molecule has 0 saturated heterocycles. The van der Waals surface area contributed by atoms with Gasteiger partial charge in [-0.2, -0.15) is 0 Å². The normalized spacial score (nSPS) is 10.7. The van der Waals surface area contributed by atoms with Gasteiger partial charge in [-0.3, -0.25) is 9.20 Å². The van der Waals surface area contributed by atoms with Gasteiger partial charge in [0.2, 0.25) is 5.82 Å². The van der Waals surface area contributed by atoms with Gasteiger partial charge in [-0.15, -0.1) is 0 Å². The van der Waals surface area contributed by atoms with Crippen LogP contribution in [0.4, 0.5) is 0 Å². The molecule has 0 atom stereocenters. The number of primary amides is 1. The Labute approximate surface area is 104 Å². The number of nitrogens with zero attached hydrogens (tertiary/aromatic N) is 2. The quantitative estimate of drug-likeness (QED) is 0.742. The molecule has 1 amide bonds. The number of amides is 1. The van der Waals surface area contributed by atoms with E-state index in [1.807, 2.05) is 48.5 Å². The van der Waals surface area contributed by atoms with Crippen LogP contribution in [0.3, 0.4) is 0 Å². The molecule has 0 radical (unpaired) electrons. The Balaban J connectivity index is 2.34. The van der Waals surface area contributed by atoms with Gasteiger partial charge in [0.25, 0.3) is 5.91 Å². The predicted molar refractivity (Wildman–Crippen MR) is 69.1 cm³/mol. The second kappa shape index (κ2) is 4.00. The van der Waals surface area contributed by atoms with E-state index in [4.69, 9.17) is 5.73 Å². The van der Waals surface area contributed by atoms with Crippen molar-refractivity contribution in [3.8, 4) is 11.3 Å². The second-order valence-electron chi connectivity index (χ2n) is 3.97. The SMILES string of the molecule is NC(=O)c1nc(-c2ccccc2)c2ccccn12. The number of aromatic nitrogens is 2. The summed E-state index contributed by atoms with van der Waals surface area (Å²) in [5.74, 6) is -0.275. The first kappa shape index (κ1) is 10.5. The summed E-state index contributed by atoms with van der Waals surface area (Å²) in [6.07, 6.45) is 1.79. The van der Waals surface area contributed by atoms with Gasteiger partial charge in [0.1, 0.15) is 0 Å². The smallest absolute Gasteiger partial charge is 0.285 e. The lowest BCUT2D eigenvalue weighted by Crippen LogP contribution is -2.14. The van der Waals surface area contributed by atoms with E-state index >= 15 is 0 Å². The second-order valence-corrected chi connectivity index (χ2v) is 3.97. The van der Waals surface area contributed by atoms with Crippen LogP contribution in [0.1, 0.15) is 10.6 Å². The Bertz CT molecular complexity index is 716. The van der Waals surface area contributed by atoms with Crippen molar-refractivity contribution >= 4 is 11.4 Å². The van der Waals surface area contributed by atoms with E-state index in [-0.39, 0.29) is 5.82 Å². The summed E-state index contributed by atoms with van der Waals surface area (Å²) in [7, 11) is 0. The molecule has 4 nitrogen and oxygen atoms in total. The number of hydrogen-bond donors (Lipinski definition) is 1. The first-order valence-corrected chi connectivity index (χ1v) is 5.59. The van der Waals surface area contributed by atoms with Gasteiger partial charge in [0.15, 0.2) is 0 Å². The van der Waals surface area contributed by atoms with E-state index in [1.165, 1.54) is 0 Å². The molecule has 0 aliphatic rings. The first-order chi connectivity index (χ1) is 8.77. The maximum Gasteiger partial charge on any atom is 0.285 e. The van der Waals surface area contributed by atoms with E-state index in [0.29, 0.717) is 0 Å². The molecule has 2 N–H and O–H groups in total. The van der Waals surface area contributed by atoms with E-state index in [1.54, 1.807) is 10.6 Å². The minimum Gasteiger partial charge on any atom is -0.363 e. The fourth-order valence-electron chi connectivity index (χ4n) is 2.02. The number of rotatable bonds is 2. The summed E-state index contributed by atoms with van der Waals surface area (Å²) >= 11 is 0. The molecule has 18 heavy (non-hydrogen) atoms. The molecule has 0 aliphatic carbocycles. The average molecular weight is 237 g/mol. The molecule has 0 saturated carbocycles. The number of pyridine rings is 1. The van der Waals surface area contributed by atoms with Crippen LogP contribution in [-0.4, -0.2) is 15.3 Å². The molecular weight excluding hydrogens is 226 g/mol. The average Bonchev–Trinajstić information content (AvgIpc) is 2.79.